The first-order valence-electron chi connectivity index (χ1n) is 6.14. The Labute approximate surface area is 110 Å². The van der Waals surface area contributed by atoms with Gasteiger partial charge in [0.25, 0.3) is 0 Å². The highest BCUT2D eigenvalue weighted by molar-refractivity contribution is 5.94. The molecule has 0 bridgehead atoms. The number of halogens is 1. The van der Waals surface area contributed by atoms with E-state index in [4.69, 9.17) is 5.11 Å². The molecule has 1 heterocycles. The number of nitrogens with one attached hydrogen (secondary N) is 1. The highest BCUT2D eigenvalue weighted by Crippen LogP contribution is 2.29. The number of aliphatic carboxylic acids is 1. The van der Waals surface area contributed by atoms with Crippen molar-refractivity contribution in [3.8, 4) is 0 Å². The third kappa shape index (κ3) is 3.01. The minimum Gasteiger partial charge on any atom is -0.481 e. The predicted octanol–water partition coefficient (Wildman–Crippen LogP) is 1.76. The smallest absolute Gasteiger partial charge is 0.321 e. The van der Waals surface area contributed by atoms with E-state index in [1.165, 1.54) is 11.0 Å². The number of carbonyl (C=O) groups excluding carboxylic acids is 1. The number of benzene rings is 1. The number of amides is 2. The molecule has 102 valence electrons. The molecule has 0 unspecified atom stereocenters. The van der Waals surface area contributed by atoms with Crippen molar-refractivity contribution in [3.63, 3.8) is 0 Å². The summed E-state index contributed by atoms with van der Waals surface area (Å²) in [7, 11) is 0. The molecule has 0 aromatic heterocycles. The monoisotopic (exact) mass is 266 g/mol. The Morgan fingerprint density at radius 1 is 1.42 bits per heavy atom. The highest BCUT2D eigenvalue weighted by Gasteiger charge is 2.26. The van der Waals surface area contributed by atoms with Gasteiger partial charge in [-0.3, -0.25) is 9.69 Å². The van der Waals surface area contributed by atoms with Gasteiger partial charge in [-0.05, 0) is 25.0 Å². The zero-order valence-electron chi connectivity index (χ0n) is 10.4. The number of carbonyl (C=O) groups is 2. The summed E-state index contributed by atoms with van der Waals surface area (Å²) in [6.07, 6.45) is 0.904. The fraction of sp³-hybridized carbons (Fsp3) is 0.385. The van der Waals surface area contributed by atoms with Crippen LogP contribution in [0, 0.1) is 5.82 Å². The Kier molecular flexibility index (Phi) is 3.99. The SMILES string of the molecule is O=C(O)CCCNC(=O)N1CCc2c(F)cccc21. The number of anilines is 1. The molecule has 5 nitrogen and oxygen atoms in total. The molecule has 0 saturated carbocycles. The van der Waals surface area contributed by atoms with E-state index in [1.807, 2.05) is 0 Å². The third-order valence-electron chi connectivity index (χ3n) is 3.06. The summed E-state index contributed by atoms with van der Waals surface area (Å²) in [5, 5.41) is 11.1. The van der Waals surface area contributed by atoms with Gasteiger partial charge in [-0.25, -0.2) is 9.18 Å². The van der Waals surface area contributed by atoms with Gasteiger partial charge in [-0.1, -0.05) is 6.07 Å². The second-order valence-corrected chi connectivity index (χ2v) is 4.37. The average molecular weight is 266 g/mol. The van der Waals surface area contributed by atoms with Crippen LogP contribution in [-0.4, -0.2) is 30.2 Å². The van der Waals surface area contributed by atoms with Crippen LogP contribution in [0.15, 0.2) is 18.2 Å². The maximum atomic E-state index is 13.5. The predicted molar refractivity (Wildman–Crippen MR) is 67.7 cm³/mol. The molecule has 2 rings (SSSR count). The molecule has 1 aliphatic rings. The van der Waals surface area contributed by atoms with Gasteiger partial charge in [0.05, 0.1) is 5.69 Å². The van der Waals surface area contributed by atoms with Gasteiger partial charge < -0.3 is 10.4 Å². The van der Waals surface area contributed by atoms with E-state index >= 15 is 0 Å². The summed E-state index contributed by atoms with van der Waals surface area (Å²) < 4.78 is 13.5. The molecule has 0 spiro atoms. The molecule has 2 amide bonds. The molecule has 1 aromatic rings. The lowest BCUT2D eigenvalue weighted by Crippen LogP contribution is -2.39. The lowest BCUT2D eigenvalue weighted by Gasteiger charge is -2.17. The molecule has 1 aliphatic heterocycles. The quantitative estimate of drug-likeness (QED) is 0.816. The topological polar surface area (TPSA) is 69.6 Å². The molecular formula is C13H15FN2O3. The van der Waals surface area contributed by atoms with Crippen molar-refractivity contribution in [2.75, 3.05) is 18.0 Å². The number of nitrogens with zero attached hydrogens (tertiary/aromatic N) is 1. The second kappa shape index (κ2) is 5.69. The van der Waals surface area contributed by atoms with Crippen molar-refractivity contribution >= 4 is 17.7 Å². The minimum absolute atomic E-state index is 0.0193. The van der Waals surface area contributed by atoms with E-state index < -0.39 is 5.97 Å². The number of urea groups is 1. The lowest BCUT2D eigenvalue weighted by atomic mass is 10.1. The number of hydrogen-bond acceptors (Lipinski definition) is 2. The summed E-state index contributed by atoms with van der Waals surface area (Å²) in [6, 6.07) is 4.36. The Morgan fingerprint density at radius 3 is 2.95 bits per heavy atom. The maximum absolute atomic E-state index is 13.5. The van der Waals surface area contributed by atoms with Gasteiger partial charge in [-0.15, -0.1) is 0 Å². The third-order valence-corrected chi connectivity index (χ3v) is 3.06. The van der Waals surface area contributed by atoms with E-state index in [9.17, 15) is 14.0 Å². The summed E-state index contributed by atoms with van der Waals surface area (Å²) in [5.41, 5.74) is 1.15. The summed E-state index contributed by atoms with van der Waals surface area (Å²) in [6.45, 7) is 0.743. The minimum atomic E-state index is -0.886. The molecule has 19 heavy (non-hydrogen) atoms. The Morgan fingerprint density at radius 2 is 2.21 bits per heavy atom. The average Bonchev–Trinajstić information content (AvgIpc) is 2.79. The van der Waals surface area contributed by atoms with Crippen molar-refractivity contribution in [2.24, 2.45) is 0 Å². The molecule has 6 heteroatoms. The second-order valence-electron chi connectivity index (χ2n) is 4.37. The van der Waals surface area contributed by atoms with Crippen LogP contribution < -0.4 is 10.2 Å². The summed E-state index contributed by atoms with van der Waals surface area (Å²) >= 11 is 0. The van der Waals surface area contributed by atoms with Crippen molar-refractivity contribution < 1.29 is 19.1 Å². The fourth-order valence-electron chi connectivity index (χ4n) is 2.13. The molecule has 2 N–H and O–H groups in total. The van der Waals surface area contributed by atoms with Crippen LogP contribution in [0.5, 0.6) is 0 Å². The first kappa shape index (κ1) is 13.3. The van der Waals surface area contributed by atoms with Crippen molar-refractivity contribution in [1.29, 1.82) is 0 Å². The van der Waals surface area contributed by atoms with Crippen molar-refractivity contribution in [1.82, 2.24) is 5.32 Å². The van der Waals surface area contributed by atoms with Gasteiger partial charge in [0, 0.05) is 25.1 Å². The molecular weight excluding hydrogens is 251 g/mol. The van der Waals surface area contributed by atoms with Crippen LogP contribution in [0.4, 0.5) is 14.9 Å². The maximum Gasteiger partial charge on any atom is 0.321 e. The Hall–Kier alpha value is -2.11. The van der Waals surface area contributed by atoms with E-state index in [0.29, 0.717) is 37.2 Å². The van der Waals surface area contributed by atoms with Crippen LogP contribution in [-0.2, 0) is 11.2 Å². The molecule has 0 saturated heterocycles. The Bertz CT molecular complexity index is 505. The molecule has 0 atom stereocenters. The number of fused-ring (bicyclic) bond motifs is 1. The fourth-order valence-corrected chi connectivity index (χ4v) is 2.13. The van der Waals surface area contributed by atoms with Crippen LogP contribution in [0.1, 0.15) is 18.4 Å². The number of carboxylic acid groups (broad SMARTS) is 1. The Balaban J connectivity index is 1.92. The summed E-state index contributed by atoms with van der Waals surface area (Å²) in [4.78, 5) is 23.7. The number of rotatable bonds is 4. The van der Waals surface area contributed by atoms with Crippen LogP contribution in [0.3, 0.4) is 0 Å². The van der Waals surface area contributed by atoms with E-state index in [1.54, 1.807) is 12.1 Å². The molecule has 0 radical (unpaired) electrons. The van der Waals surface area contributed by atoms with Gasteiger partial charge in [0.1, 0.15) is 5.82 Å². The largest absolute Gasteiger partial charge is 0.481 e. The first-order chi connectivity index (χ1) is 9.09. The van der Waals surface area contributed by atoms with Gasteiger partial charge >= 0.3 is 12.0 Å². The van der Waals surface area contributed by atoms with Gasteiger partial charge in [0.2, 0.25) is 0 Å². The standard InChI is InChI=1S/C13H15FN2O3/c14-10-3-1-4-11-9(10)6-8-16(11)13(19)15-7-2-5-12(17)18/h1,3-4H,2,5-8H2,(H,15,19)(H,17,18). The zero-order valence-corrected chi connectivity index (χ0v) is 10.4. The van der Waals surface area contributed by atoms with Crippen LogP contribution in [0.2, 0.25) is 0 Å². The molecule has 0 aliphatic carbocycles. The van der Waals surface area contributed by atoms with E-state index in [2.05, 4.69) is 5.32 Å². The zero-order chi connectivity index (χ0) is 13.8. The molecule has 1 aromatic carbocycles. The lowest BCUT2D eigenvalue weighted by molar-refractivity contribution is -0.137. The van der Waals surface area contributed by atoms with Crippen molar-refractivity contribution in [2.45, 2.75) is 19.3 Å². The highest BCUT2D eigenvalue weighted by atomic mass is 19.1. The van der Waals surface area contributed by atoms with Crippen molar-refractivity contribution in [3.05, 3.63) is 29.6 Å². The van der Waals surface area contributed by atoms with Gasteiger partial charge in [-0.2, -0.15) is 0 Å². The number of hydrogen-bond donors (Lipinski definition) is 2. The van der Waals surface area contributed by atoms with E-state index in [0.717, 1.165) is 0 Å². The molecule has 0 fully saturated rings. The van der Waals surface area contributed by atoms with E-state index in [-0.39, 0.29) is 18.3 Å². The van der Waals surface area contributed by atoms with Crippen LogP contribution in [0.25, 0.3) is 0 Å². The first-order valence-corrected chi connectivity index (χ1v) is 6.14. The summed E-state index contributed by atoms with van der Waals surface area (Å²) in [5.74, 6) is -1.18. The normalized spacial score (nSPS) is 13.2. The number of carboxylic acids is 1. The van der Waals surface area contributed by atoms with Crippen LogP contribution >= 0.6 is 0 Å². The van der Waals surface area contributed by atoms with Gasteiger partial charge in [0.15, 0.2) is 0 Å².